The number of amides is 1. The van der Waals surface area contributed by atoms with E-state index in [1.54, 1.807) is 36.4 Å². The summed E-state index contributed by atoms with van der Waals surface area (Å²) >= 11 is 5.94. The second-order valence-corrected chi connectivity index (χ2v) is 6.01. The topological polar surface area (TPSA) is 64.4 Å². The summed E-state index contributed by atoms with van der Waals surface area (Å²) < 4.78 is 24.6. The standard InChI is InChI=1S/C18H12ClFN2O3/c19-11-5-6-15-10(7-11)8-16(25-15)17(23)22-18-21-14(9-24-18)12-3-1-2-4-13(12)20/h1-7,9,16H,8H2,(H,21,22,23). The zero-order chi connectivity index (χ0) is 17.4. The number of hydrogen-bond donors (Lipinski definition) is 1. The number of hydrogen-bond acceptors (Lipinski definition) is 4. The number of carbonyl (C=O) groups is 1. The van der Waals surface area contributed by atoms with Crippen LogP contribution in [-0.2, 0) is 11.2 Å². The van der Waals surface area contributed by atoms with E-state index in [2.05, 4.69) is 10.3 Å². The highest BCUT2D eigenvalue weighted by Crippen LogP contribution is 2.31. The summed E-state index contributed by atoms with van der Waals surface area (Å²) in [6.07, 6.45) is 0.998. The van der Waals surface area contributed by atoms with Gasteiger partial charge in [0.1, 0.15) is 23.5 Å². The first kappa shape index (κ1) is 15.7. The van der Waals surface area contributed by atoms with E-state index in [1.165, 1.54) is 12.3 Å². The van der Waals surface area contributed by atoms with Crippen molar-refractivity contribution < 1.29 is 18.3 Å². The van der Waals surface area contributed by atoms with E-state index in [4.69, 9.17) is 20.8 Å². The minimum absolute atomic E-state index is 0.0131. The van der Waals surface area contributed by atoms with E-state index in [9.17, 15) is 9.18 Å². The Kier molecular flexibility index (Phi) is 3.89. The van der Waals surface area contributed by atoms with Gasteiger partial charge in [0.05, 0.1) is 0 Å². The number of nitrogens with one attached hydrogen (secondary N) is 1. The van der Waals surface area contributed by atoms with Crippen molar-refractivity contribution >= 4 is 23.5 Å². The summed E-state index contributed by atoms with van der Waals surface area (Å²) in [5.41, 5.74) is 1.47. The Bertz CT molecular complexity index is 957. The summed E-state index contributed by atoms with van der Waals surface area (Å²) in [4.78, 5) is 16.4. The van der Waals surface area contributed by atoms with Gasteiger partial charge in [-0.1, -0.05) is 23.7 Å². The highest BCUT2D eigenvalue weighted by molar-refractivity contribution is 6.30. The van der Waals surface area contributed by atoms with Crippen LogP contribution >= 0.6 is 11.6 Å². The van der Waals surface area contributed by atoms with Crippen LogP contribution in [0.25, 0.3) is 11.3 Å². The van der Waals surface area contributed by atoms with Gasteiger partial charge >= 0.3 is 6.01 Å². The molecule has 25 heavy (non-hydrogen) atoms. The van der Waals surface area contributed by atoms with Gasteiger partial charge in [-0.25, -0.2) is 4.39 Å². The van der Waals surface area contributed by atoms with Crippen LogP contribution in [0.3, 0.4) is 0 Å². The molecule has 3 aromatic rings. The molecule has 0 spiro atoms. The maximum absolute atomic E-state index is 13.8. The van der Waals surface area contributed by atoms with Gasteiger partial charge in [0, 0.05) is 17.0 Å². The molecule has 1 atom stereocenters. The molecule has 0 saturated heterocycles. The molecule has 0 aliphatic carbocycles. The number of nitrogens with zero attached hydrogens (tertiary/aromatic N) is 1. The first-order valence-electron chi connectivity index (χ1n) is 7.56. The van der Waals surface area contributed by atoms with E-state index < -0.39 is 17.8 Å². The van der Waals surface area contributed by atoms with Crippen molar-refractivity contribution in [1.82, 2.24) is 4.98 Å². The fourth-order valence-corrected chi connectivity index (χ4v) is 2.87. The van der Waals surface area contributed by atoms with Crippen molar-refractivity contribution in [3.63, 3.8) is 0 Å². The van der Waals surface area contributed by atoms with Crippen LogP contribution in [0.1, 0.15) is 5.56 Å². The number of aromatic nitrogens is 1. The van der Waals surface area contributed by atoms with E-state index in [1.807, 2.05) is 0 Å². The Morgan fingerprint density at radius 2 is 2.12 bits per heavy atom. The van der Waals surface area contributed by atoms with Crippen molar-refractivity contribution in [3.8, 4) is 17.0 Å². The Balaban J connectivity index is 1.47. The summed E-state index contributed by atoms with van der Waals surface area (Å²) in [6.45, 7) is 0. The van der Waals surface area contributed by atoms with Gasteiger partial charge in [0.25, 0.3) is 5.91 Å². The van der Waals surface area contributed by atoms with Crippen LogP contribution in [-0.4, -0.2) is 17.0 Å². The van der Waals surface area contributed by atoms with Crippen molar-refractivity contribution in [2.24, 2.45) is 0 Å². The number of ether oxygens (including phenoxy) is 1. The molecule has 1 unspecified atom stereocenters. The molecule has 0 bridgehead atoms. The summed E-state index contributed by atoms with van der Waals surface area (Å²) in [5.74, 6) is -0.182. The quantitative estimate of drug-likeness (QED) is 0.766. The average molecular weight is 359 g/mol. The third kappa shape index (κ3) is 3.08. The largest absolute Gasteiger partial charge is 0.480 e. The molecule has 1 aliphatic rings. The number of halogens is 2. The molecule has 0 radical (unpaired) electrons. The van der Waals surface area contributed by atoms with Crippen molar-refractivity contribution in [2.75, 3.05) is 5.32 Å². The highest BCUT2D eigenvalue weighted by Gasteiger charge is 2.30. The zero-order valence-corrected chi connectivity index (χ0v) is 13.6. The maximum Gasteiger partial charge on any atom is 0.302 e. The number of benzene rings is 2. The fraction of sp³-hybridized carbons (Fsp3) is 0.111. The molecule has 1 amide bonds. The second-order valence-electron chi connectivity index (χ2n) is 5.57. The van der Waals surface area contributed by atoms with Gasteiger partial charge in [0.2, 0.25) is 0 Å². The second kappa shape index (κ2) is 6.22. The molecule has 0 fully saturated rings. The van der Waals surface area contributed by atoms with Gasteiger partial charge in [-0.3, -0.25) is 10.1 Å². The predicted molar refractivity (Wildman–Crippen MR) is 90.1 cm³/mol. The Hall–Kier alpha value is -2.86. The zero-order valence-electron chi connectivity index (χ0n) is 12.8. The number of fused-ring (bicyclic) bond motifs is 1. The third-order valence-electron chi connectivity index (χ3n) is 3.87. The van der Waals surface area contributed by atoms with Crippen molar-refractivity contribution in [2.45, 2.75) is 12.5 Å². The Morgan fingerprint density at radius 1 is 1.28 bits per heavy atom. The lowest BCUT2D eigenvalue weighted by Gasteiger charge is -2.08. The first-order chi connectivity index (χ1) is 12.1. The third-order valence-corrected chi connectivity index (χ3v) is 4.11. The van der Waals surface area contributed by atoms with E-state index >= 15 is 0 Å². The van der Waals surface area contributed by atoms with Crippen molar-refractivity contribution in [1.29, 1.82) is 0 Å². The van der Waals surface area contributed by atoms with Gasteiger partial charge in [0.15, 0.2) is 6.10 Å². The molecular formula is C18H12ClFN2O3. The van der Waals surface area contributed by atoms with Crippen LogP contribution in [0.5, 0.6) is 5.75 Å². The minimum Gasteiger partial charge on any atom is -0.480 e. The molecule has 1 aromatic heterocycles. The van der Waals surface area contributed by atoms with E-state index in [0.717, 1.165) is 5.56 Å². The molecule has 0 saturated carbocycles. The molecule has 1 N–H and O–H groups in total. The normalized spacial score (nSPS) is 15.5. The highest BCUT2D eigenvalue weighted by atomic mass is 35.5. The smallest absolute Gasteiger partial charge is 0.302 e. The average Bonchev–Trinajstić information content (AvgIpc) is 3.21. The lowest BCUT2D eigenvalue weighted by Crippen LogP contribution is -2.31. The van der Waals surface area contributed by atoms with Crippen LogP contribution in [0.2, 0.25) is 5.02 Å². The minimum atomic E-state index is -0.697. The molecule has 126 valence electrons. The Labute approximate surface area is 147 Å². The molecule has 7 heteroatoms. The molecule has 4 rings (SSSR count). The molecule has 2 aromatic carbocycles. The number of rotatable bonds is 3. The monoisotopic (exact) mass is 358 g/mol. The van der Waals surface area contributed by atoms with Gasteiger partial charge in [-0.2, -0.15) is 4.98 Å². The Morgan fingerprint density at radius 3 is 2.96 bits per heavy atom. The van der Waals surface area contributed by atoms with Gasteiger partial charge < -0.3 is 9.15 Å². The number of anilines is 1. The lowest BCUT2D eigenvalue weighted by molar-refractivity contribution is -0.122. The summed E-state index contributed by atoms with van der Waals surface area (Å²) in [5, 5.41) is 3.13. The fourth-order valence-electron chi connectivity index (χ4n) is 2.67. The van der Waals surface area contributed by atoms with Crippen molar-refractivity contribution in [3.05, 3.63) is 65.1 Å². The first-order valence-corrected chi connectivity index (χ1v) is 7.94. The van der Waals surface area contributed by atoms with E-state index in [-0.39, 0.29) is 6.01 Å². The lowest BCUT2D eigenvalue weighted by atomic mass is 10.1. The molecule has 5 nitrogen and oxygen atoms in total. The maximum atomic E-state index is 13.8. The number of carbonyl (C=O) groups excluding carboxylic acids is 1. The van der Waals surface area contributed by atoms with Crippen LogP contribution in [0, 0.1) is 5.82 Å². The summed E-state index contributed by atoms with van der Waals surface area (Å²) in [6, 6.07) is 11.4. The van der Waals surface area contributed by atoms with Crippen LogP contribution in [0.15, 0.2) is 53.1 Å². The van der Waals surface area contributed by atoms with Crippen LogP contribution < -0.4 is 10.1 Å². The molecule has 1 aliphatic heterocycles. The van der Waals surface area contributed by atoms with E-state index in [0.29, 0.717) is 28.5 Å². The molecule has 2 heterocycles. The summed E-state index contributed by atoms with van der Waals surface area (Å²) in [7, 11) is 0. The number of oxazole rings is 1. The van der Waals surface area contributed by atoms with Crippen LogP contribution in [0.4, 0.5) is 10.4 Å². The van der Waals surface area contributed by atoms with Gasteiger partial charge in [-0.15, -0.1) is 0 Å². The molecular weight excluding hydrogens is 347 g/mol. The van der Waals surface area contributed by atoms with Gasteiger partial charge in [-0.05, 0) is 35.9 Å². The predicted octanol–water partition coefficient (Wildman–Crippen LogP) is 4.08. The SMILES string of the molecule is O=C(Nc1nc(-c2ccccc2F)co1)C1Cc2cc(Cl)ccc2O1.